The molecule has 3 aromatic carbocycles. The van der Waals surface area contributed by atoms with E-state index in [4.69, 9.17) is 0 Å². The fourth-order valence-corrected chi connectivity index (χ4v) is 4.30. The minimum absolute atomic E-state index is 0.0966. The summed E-state index contributed by atoms with van der Waals surface area (Å²) in [4.78, 5) is 25.0. The highest BCUT2D eigenvalue weighted by Crippen LogP contribution is 2.39. The van der Waals surface area contributed by atoms with Crippen LogP contribution < -0.4 is 5.32 Å². The summed E-state index contributed by atoms with van der Waals surface area (Å²) in [5, 5.41) is 24.6. The molecule has 9 nitrogen and oxygen atoms in total. The van der Waals surface area contributed by atoms with Gasteiger partial charge in [-0.1, -0.05) is 48.2 Å². The lowest BCUT2D eigenvalue weighted by molar-refractivity contribution is -0.387. The van der Waals surface area contributed by atoms with Gasteiger partial charge in [0.2, 0.25) is 5.82 Å². The number of nitro groups is 1. The number of nitrogens with one attached hydrogen (secondary N) is 1. The van der Waals surface area contributed by atoms with Crippen LogP contribution in [0.25, 0.3) is 10.9 Å². The molecule has 0 saturated heterocycles. The van der Waals surface area contributed by atoms with Gasteiger partial charge in [0, 0.05) is 22.2 Å². The summed E-state index contributed by atoms with van der Waals surface area (Å²) in [5.74, 6) is 0.0966. The normalized spacial score (nSPS) is 11.1. The summed E-state index contributed by atoms with van der Waals surface area (Å²) < 4.78 is 0. The number of pyridine rings is 1. The van der Waals surface area contributed by atoms with Crippen LogP contribution in [0.4, 0.5) is 28.6 Å². The molecule has 1 N–H and O–H groups in total. The molecule has 0 spiro atoms. The molecule has 0 atom stereocenters. The Hall–Kier alpha value is -4.70. The van der Waals surface area contributed by atoms with Crippen molar-refractivity contribution in [3.8, 4) is 0 Å². The van der Waals surface area contributed by atoms with Crippen LogP contribution in [0.15, 0.2) is 118 Å². The molecule has 2 heterocycles. The molecule has 35 heavy (non-hydrogen) atoms. The van der Waals surface area contributed by atoms with Gasteiger partial charge in [-0.15, -0.1) is 0 Å². The van der Waals surface area contributed by atoms with Crippen molar-refractivity contribution in [2.45, 2.75) is 9.92 Å². The molecule has 10 heteroatoms. The predicted octanol–water partition coefficient (Wildman–Crippen LogP) is 7.24. The molecule has 0 aliphatic carbocycles. The molecule has 0 amide bonds. The lowest BCUT2D eigenvalue weighted by atomic mass is 10.2. The molecule has 0 bridgehead atoms. The van der Waals surface area contributed by atoms with E-state index in [-0.39, 0.29) is 16.5 Å². The van der Waals surface area contributed by atoms with E-state index >= 15 is 0 Å². The summed E-state index contributed by atoms with van der Waals surface area (Å²) in [5.41, 5.74) is 2.56. The third-order valence-electron chi connectivity index (χ3n) is 4.94. The highest BCUT2D eigenvalue weighted by Gasteiger charge is 2.24. The number of hydrogen-bond donors (Lipinski definition) is 1. The largest absolute Gasteiger partial charge is 0.343 e. The number of aromatic nitrogens is 3. The molecule has 170 valence electrons. The van der Waals surface area contributed by atoms with Gasteiger partial charge >= 0.3 is 5.69 Å². The third-order valence-corrected chi connectivity index (χ3v) is 5.98. The van der Waals surface area contributed by atoms with E-state index in [1.54, 1.807) is 30.5 Å². The minimum Gasteiger partial charge on any atom is -0.334 e. The average Bonchev–Trinajstić information content (AvgIpc) is 2.89. The van der Waals surface area contributed by atoms with E-state index in [1.807, 2.05) is 60.7 Å². The van der Waals surface area contributed by atoms with Crippen molar-refractivity contribution in [1.82, 2.24) is 15.0 Å². The molecular weight excluding hydrogens is 462 g/mol. The molecule has 0 fully saturated rings. The zero-order valence-electron chi connectivity index (χ0n) is 18.1. The highest BCUT2D eigenvalue weighted by atomic mass is 32.2. The van der Waals surface area contributed by atoms with Crippen molar-refractivity contribution in [2.24, 2.45) is 10.2 Å². The van der Waals surface area contributed by atoms with Crippen molar-refractivity contribution in [1.29, 1.82) is 0 Å². The lowest BCUT2D eigenvalue weighted by Crippen LogP contribution is -2.02. The molecule has 5 aromatic rings. The van der Waals surface area contributed by atoms with Crippen LogP contribution in [0.3, 0.4) is 0 Å². The smallest absolute Gasteiger partial charge is 0.334 e. The zero-order chi connectivity index (χ0) is 24.0. The van der Waals surface area contributed by atoms with E-state index < -0.39 is 4.92 Å². The standard InChI is InChI=1S/C25H17N7O2S/c33-32(34)23-24(29-18-11-13-20(14-12-18)31-30-19-8-2-1-3-9-19)27-16-28-25(23)35-21-10-4-6-17-7-5-15-26-22(17)21/h1-16H,(H,27,28,29). The molecular formula is C25H17N7O2S. The minimum atomic E-state index is -0.480. The Bertz CT molecular complexity index is 1520. The molecule has 0 aliphatic rings. The van der Waals surface area contributed by atoms with E-state index in [0.717, 1.165) is 21.5 Å². The van der Waals surface area contributed by atoms with Crippen LogP contribution in [0.1, 0.15) is 0 Å². The Balaban J connectivity index is 1.40. The fraction of sp³-hybridized carbons (Fsp3) is 0. The third kappa shape index (κ3) is 5.12. The van der Waals surface area contributed by atoms with Crippen LogP contribution in [0.5, 0.6) is 0 Å². The van der Waals surface area contributed by atoms with Gasteiger partial charge in [-0.05, 0) is 48.5 Å². The second kappa shape index (κ2) is 10.1. The molecule has 5 rings (SSSR count). The summed E-state index contributed by atoms with van der Waals surface area (Å²) in [6.45, 7) is 0. The van der Waals surface area contributed by atoms with Crippen LogP contribution >= 0.6 is 11.8 Å². The first-order chi connectivity index (χ1) is 17.2. The van der Waals surface area contributed by atoms with Crippen molar-refractivity contribution in [3.63, 3.8) is 0 Å². The highest BCUT2D eigenvalue weighted by molar-refractivity contribution is 7.99. The molecule has 0 radical (unpaired) electrons. The van der Waals surface area contributed by atoms with Crippen molar-refractivity contribution < 1.29 is 4.92 Å². The summed E-state index contributed by atoms with van der Waals surface area (Å²) in [6.07, 6.45) is 3.00. The maximum absolute atomic E-state index is 12.0. The van der Waals surface area contributed by atoms with Crippen molar-refractivity contribution >= 4 is 51.2 Å². The predicted molar refractivity (Wildman–Crippen MR) is 135 cm³/mol. The molecule has 0 unspecified atom stereocenters. The van der Waals surface area contributed by atoms with Crippen LogP contribution in [0, 0.1) is 10.1 Å². The number of benzene rings is 3. The first kappa shape index (κ1) is 22.1. The summed E-state index contributed by atoms with van der Waals surface area (Å²) >= 11 is 1.18. The van der Waals surface area contributed by atoms with E-state index in [1.165, 1.54) is 18.1 Å². The monoisotopic (exact) mass is 479 g/mol. The Morgan fingerprint density at radius 2 is 1.54 bits per heavy atom. The lowest BCUT2D eigenvalue weighted by Gasteiger charge is -2.09. The average molecular weight is 480 g/mol. The van der Waals surface area contributed by atoms with E-state index in [2.05, 4.69) is 30.5 Å². The fourth-order valence-electron chi connectivity index (χ4n) is 3.31. The van der Waals surface area contributed by atoms with Crippen LogP contribution in [-0.2, 0) is 0 Å². The zero-order valence-corrected chi connectivity index (χ0v) is 19.0. The number of nitrogens with zero attached hydrogens (tertiary/aromatic N) is 6. The molecule has 0 saturated carbocycles. The number of fused-ring (bicyclic) bond motifs is 1. The topological polar surface area (TPSA) is 119 Å². The molecule has 2 aromatic heterocycles. The Morgan fingerprint density at radius 3 is 2.31 bits per heavy atom. The first-order valence-corrected chi connectivity index (χ1v) is 11.3. The van der Waals surface area contributed by atoms with Gasteiger partial charge in [0.05, 0.1) is 21.8 Å². The summed E-state index contributed by atoms with van der Waals surface area (Å²) in [6, 6.07) is 25.9. The number of hydrogen-bond acceptors (Lipinski definition) is 9. The number of azo groups is 1. The van der Waals surface area contributed by atoms with Gasteiger partial charge in [-0.2, -0.15) is 10.2 Å². The second-order valence-corrected chi connectivity index (χ2v) is 8.30. The Morgan fingerprint density at radius 1 is 0.800 bits per heavy atom. The second-order valence-electron chi connectivity index (χ2n) is 7.27. The number of rotatable bonds is 7. The maximum atomic E-state index is 12.0. The van der Waals surface area contributed by atoms with E-state index in [9.17, 15) is 10.1 Å². The first-order valence-electron chi connectivity index (χ1n) is 10.5. The van der Waals surface area contributed by atoms with Gasteiger partial charge in [0.25, 0.3) is 0 Å². The Kier molecular flexibility index (Phi) is 6.35. The SMILES string of the molecule is O=[N+]([O-])c1c(Nc2ccc(N=Nc3ccccc3)cc2)ncnc1Sc1cccc2cccnc12. The van der Waals surface area contributed by atoms with Gasteiger partial charge in [-0.25, -0.2) is 9.97 Å². The van der Waals surface area contributed by atoms with Crippen molar-refractivity contribution in [3.05, 3.63) is 108 Å². The quantitative estimate of drug-likeness (QED) is 0.113. The van der Waals surface area contributed by atoms with Crippen LogP contribution in [-0.4, -0.2) is 19.9 Å². The van der Waals surface area contributed by atoms with Crippen LogP contribution in [0.2, 0.25) is 0 Å². The van der Waals surface area contributed by atoms with Gasteiger partial charge in [-0.3, -0.25) is 15.1 Å². The number of para-hydroxylation sites is 1. The number of anilines is 2. The maximum Gasteiger partial charge on any atom is 0.343 e. The van der Waals surface area contributed by atoms with E-state index in [0.29, 0.717) is 11.4 Å². The molecule has 0 aliphatic heterocycles. The van der Waals surface area contributed by atoms with Crippen molar-refractivity contribution in [2.75, 3.05) is 5.32 Å². The van der Waals surface area contributed by atoms with Gasteiger partial charge < -0.3 is 5.32 Å². The summed E-state index contributed by atoms with van der Waals surface area (Å²) in [7, 11) is 0. The Labute approximate surface area is 204 Å². The van der Waals surface area contributed by atoms with Gasteiger partial charge in [0.1, 0.15) is 6.33 Å². The van der Waals surface area contributed by atoms with Gasteiger partial charge in [0.15, 0.2) is 5.03 Å².